The second-order valence-corrected chi connectivity index (χ2v) is 7.64. The Labute approximate surface area is 186 Å². The molecular formula is C26H23NO5. The van der Waals surface area contributed by atoms with Gasteiger partial charge in [-0.05, 0) is 61.4 Å². The van der Waals surface area contributed by atoms with Gasteiger partial charge in [-0.2, -0.15) is 0 Å². The monoisotopic (exact) mass is 429 g/mol. The van der Waals surface area contributed by atoms with E-state index in [1.807, 2.05) is 62.4 Å². The summed E-state index contributed by atoms with van der Waals surface area (Å²) in [6, 6.07) is 20.9. The van der Waals surface area contributed by atoms with Crippen LogP contribution in [0.25, 0.3) is 0 Å². The van der Waals surface area contributed by atoms with E-state index in [9.17, 15) is 14.4 Å². The molecule has 0 aliphatic carbocycles. The van der Waals surface area contributed by atoms with Gasteiger partial charge in [0.2, 0.25) is 0 Å². The minimum atomic E-state index is -0.565. The van der Waals surface area contributed by atoms with Crippen molar-refractivity contribution < 1.29 is 23.9 Å². The van der Waals surface area contributed by atoms with Crippen LogP contribution in [0.4, 0.5) is 0 Å². The summed E-state index contributed by atoms with van der Waals surface area (Å²) < 4.78 is 11.2. The number of benzene rings is 3. The van der Waals surface area contributed by atoms with Gasteiger partial charge >= 0.3 is 5.97 Å². The molecule has 0 bridgehead atoms. The summed E-state index contributed by atoms with van der Waals surface area (Å²) in [6.07, 6.45) is 0.660. The molecule has 4 rings (SSSR count). The van der Waals surface area contributed by atoms with Gasteiger partial charge in [0.25, 0.3) is 11.8 Å². The SMILES string of the molecule is CCC(C)N1C(=O)c2ccc(C(=O)OCc3cccc(Oc4ccccc4)c3)cc2C1=O. The molecule has 0 N–H and O–H groups in total. The van der Waals surface area contributed by atoms with Gasteiger partial charge in [0.15, 0.2) is 0 Å². The van der Waals surface area contributed by atoms with Crippen molar-refractivity contribution in [2.45, 2.75) is 32.9 Å². The number of carbonyl (C=O) groups is 3. The maximum absolute atomic E-state index is 12.7. The first-order chi connectivity index (χ1) is 15.5. The number of amides is 2. The summed E-state index contributed by atoms with van der Waals surface area (Å²) >= 11 is 0. The number of para-hydroxylation sites is 1. The van der Waals surface area contributed by atoms with Crippen molar-refractivity contribution in [1.29, 1.82) is 0 Å². The largest absolute Gasteiger partial charge is 0.457 e. The van der Waals surface area contributed by atoms with Gasteiger partial charge < -0.3 is 9.47 Å². The van der Waals surface area contributed by atoms with E-state index >= 15 is 0 Å². The fraction of sp³-hybridized carbons (Fsp3) is 0.192. The first kappa shape index (κ1) is 21.3. The third kappa shape index (κ3) is 4.25. The Balaban J connectivity index is 1.44. The second kappa shape index (κ2) is 9.06. The normalized spacial score (nSPS) is 13.6. The number of hydrogen-bond donors (Lipinski definition) is 0. The fourth-order valence-corrected chi connectivity index (χ4v) is 3.52. The number of hydrogen-bond acceptors (Lipinski definition) is 5. The highest BCUT2D eigenvalue weighted by Crippen LogP contribution is 2.27. The molecule has 32 heavy (non-hydrogen) atoms. The topological polar surface area (TPSA) is 72.9 Å². The molecule has 1 aliphatic heterocycles. The van der Waals surface area contributed by atoms with E-state index in [1.54, 1.807) is 6.07 Å². The standard InChI is InChI=1S/C26H23NO5/c1-3-17(2)27-24(28)22-13-12-19(15-23(22)25(27)29)26(30)31-16-18-8-7-11-21(14-18)32-20-9-5-4-6-10-20/h4-15,17H,3,16H2,1-2H3. The van der Waals surface area contributed by atoms with Crippen molar-refractivity contribution in [2.75, 3.05) is 0 Å². The molecule has 1 heterocycles. The lowest BCUT2D eigenvalue weighted by Crippen LogP contribution is -2.37. The number of imide groups is 1. The van der Waals surface area contributed by atoms with Crippen molar-refractivity contribution in [1.82, 2.24) is 4.90 Å². The van der Waals surface area contributed by atoms with Gasteiger partial charge in [-0.3, -0.25) is 14.5 Å². The molecule has 1 atom stereocenters. The third-order valence-electron chi connectivity index (χ3n) is 5.43. The van der Waals surface area contributed by atoms with E-state index < -0.39 is 5.97 Å². The number of fused-ring (bicyclic) bond motifs is 1. The van der Waals surface area contributed by atoms with Crippen LogP contribution in [0, 0.1) is 0 Å². The fourth-order valence-electron chi connectivity index (χ4n) is 3.52. The molecule has 0 fully saturated rings. The molecule has 0 spiro atoms. The van der Waals surface area contributed by atoms with E-state index in [0.717, 1.165) is 5.56 Å². The average molecular weight is 429 g/mol. The van der Waals surface area contributed by atoms with E-state index in [2.05, 4.69) is 0 Å². The van der Waals surface area contributed by atoms with Crippen LogP contribution in [0.15, 0.2) is 72.8 Å². The van der Waals surface area contributed by atoms with Crippen molar-refractivity contribution >= 4 is 17.8 Å². The van der Waals surface area contributed by atoms with Crippen LogP contribution in [0.1, 0.15) is 56.9 Å². The molecule has 3 aromatic carbocycles. The van der Waals surface area contributed by atoms with E-state index in [-0.39, 0.29) is 35.6 Å². The van der Waals surface area contributed by atoms with Gasteiger partial charge in [0, 0.05) is 6.04 Å². The quantitative estimate of drug-likeness (QED) is 0.380. The van der Waals surface area contributed by atoms with Gasteiger partial charge in [-0.15, -0.1) is 0 Å². The Kier molecular flexibility index (Phi) is 6.03. The molecule has 6 heteroatoms. The van der Waals surface area contributed by atoms with Crippen LogP contribution in [0.5, 0.6) is 11.5 Å². The van der Waals surface area contributed by atoms with E-state index in [4.69, 9.17) is 9.47 Å². The zero-order valence-electron chi connectivity index (χ0n) is 17.9. The number of nitrogens with zero attached hydrogens (tertiary/aromatic N) is 1. The molecule has 1 aliphatic rings. The number of rotatable bonds is 7. The van der Waals surface area contributed by atoms with Gasteiger partial charge in [-0.1, -0.05) is 37.3 Å². The molecular weight excluding hydrogens is 406 g/mol. The predicted octanol–water partition coefficient (Wildman–Crippen LogP) is 5.23. The highest BCUT2D eigenvalue weighted by molar-refractivity contribution is 6.22. The van der Waals surface area contributed by atoms with Crippen LogP contribution in [0.2, 0.25) is 0 Å². The molecule has 0 aromatic heterocycles. The first-order valence-electron chi connectivity index (χ1n) is 10.5. The Morgan fingerprint density at radius 3 is 2.34 bits per heavy atom. The zero-order chi connectivity index (χ0) is 22.7. The lowest BCUT2D eigenvalue weighted by molar-refractivity contribution is 0.0472. The van der Waals surface area contributed by atoms with Gasteiger partial charge in [0.1, 0.15) is 18.1 Å². The minimum absolute atomic E-state index is 0.0494. The van der Waals surface area contributed by atoms with Crippen molar-refractivity contribution in [3.8, 4) is 11.5 Å². The molecule has 6 nitrogen and oxygen atoms in total. The maximum atomic E-state index is 12.7. The summed E-state index contributed by atoms with van der Waals surface area (Å²) in [5.74, 6) is 0.0839. The van der Waals surface area contributed by atoms with Gasteiger partial charge in [0.05, 0.1) is 16.7 Å². The Hall–Kier alpha value is -3.93. The summed E-state index contributed by atoms with van der Waals surface area (Å²) in [6.45, 7) is 3.79. The Morgan fingerprint density at radius 2 is 1.59 bits per heavy atom. The van der Waals surface area contributed by atoms with Crippen LogP contribution < -0.4 is 4.74 Å². The van der Waals surface area contributed by atoms with Crippen LogP contribution in [-0.4, -0.2) is 28.7 Å². The van der Waals surface area contributed by atoms with Crippen molar-refractivity contribution in [3.05, 3.63) is 95.1 Å². The lowest BCUT2D eigenvalue weighted by atomic mass is 10.1. The Bertz CT molecular complexity index is 1170. The highest BCUT2D eigenvalue weighted by Gasteiger charge is 2.38. The molecule has 0 saturated carbocycles. The summed E-state index contributed by atoms with van der Waals surface area (Å²) in [7, 11) is 0. The van der Waals surface area contributed by atoms with Crippen LogP contribution in [-0.2, 0) is 11.3 Å². The second-order valence-electron chi connectivity index (χ2n) is 7.64. The molecule has 162 valence electrons. The first-order valence-corrected chi connectivity index (χ1v) is 10.5. The summed E-state index contributed by atoms with van der Waals surface area (Å²) in [4.78, 5) is 39.1. The molecule has 3 aromatic rings. The number of ether oxygens (including phenoxy) is 2. The average Bonchev–Trinajstić information content (AvgIpc) is 3.07. The molecule has 2 amide bonds. The smallest absolute Gasteiger partial charge is 0.338 e. The summed E-state index contributed by atoms with van der Waals surface area (Å²) in [5.41, 5.74) is 1.55. The lowest BCUT2D eigenvalue weighted by Gasteiger charge is -2.20. The predicted molar refractivity (Wildman–Crippen MR) is 119 cm³/mol. The van der Waals surface area contributed by atoms with Crippen molar-refractivity contribution in [2.24, 2.45) is 0 Å². The number of carbonyl (C=O) groups excluding carboxylic acids is 3. The van der Waals surface area contributed by atoms with Crippen molar-refractivity contribution in [3.63, 3.8) is 0 Å². The molecule has 0 radical (unpaired) electrons. The van der Waals surface area contributed by atoms with Gasteiger partial charge in [-0.25, -0.2) is 4.79 Å². The maximum Gasteiger partial charge on any atom is 0.338 e. The number of esters is 1. The minimum Gasteiger partial charge on any atom is -0.457 e. The zero-order valence-corrected chi connectivity index (χ0v) is 17.9. The highest BCUT2D eigenvalue weighted by atomic mass is 16.5. The van der Waals surface area contributed by atoms with E-state index in [1.165, 1.54) is 23.1 Å². The van der Waals surface area contributed by atoms with Crippen LogP contribution in [0.3, 0.4) is 0 Å². The molecule has 0 saturated heterocycles. The molecule has 1 unspecified atom stereocenters. The van der Waals surface area contributed by atoms with Crippen LogP contribution >= 0.6 is 0 Å². The summed E-state index contributed by atoms with van der Waals surface area (Å²) in [5, 5.41) is 0. The third-order valence-corrected chi connectivity index (χ3v) is 5.43. The Morgan fingerprint density at radius 1 is 0.875 bits per heavy atom. The van der Waals surface area contributed by atoms with E-state index in [0.29, 0.717) is 23.5 Å².